The maximum absolute atomic E-state index is 10.2. The molecule has 128 valence electrons. The van der Waals surface area contributed by atoms with Crippen molar-refractivity contribution in [1.82, 2.24) is 15.3 Å². The molecule has 6 heteroatoms. The maximum atomic E-state index is 10.2. The zero-order valence-electron chi connectivity index (χ0n) is 14.2. The summed E-state index contributed by atoms with van der Waals surface area (Å²) in [4.78, 5) is 8.79. The van der Waals surface area contributed by atoms with Gasteiger partial charge in [0.2, 0.25) is 5.89 Å². The van der Waals surface area contributed by atoms with Gasteiger partial charge in [0.25, 0.3) is 0 Å². The molecule has 25 heavy (non-hydrogen) atoms. The van der Waals surface area contributed by atoms with Crippen molar-refractivity contribution in [3.05, 3.63) is 64.4 Å². The highest BCUT2D eigenvalue weighted by Crippen LogP contribution is 2.35. The lowest BCUT2D eigenvalue weighted by atomic mass is 9.95. The molecule has 0 saturated carbocycles. The minimum absolute atomic E-state index is 0.134. The molecule has 0 bridgehead atoms. The minimum Gasteiger partial charge on any atom is -0.436 e. The van der Waals surface area contributed by atoms with E-state index in [1.165, 1.54) is 0 Å². The van der Waals surface area contributed by atoms with Gasteiger partial charge in [-0.1, -0.05) is 17.7 Å². The molecule has 4 rings (SSSR count). The first-order valence-electron chi connectivity index (χ1n) is 8.09. The van der Waals surface area contributed by atoms with Crippen LogP contribution in [0.2, 0.25) is 5.15 Å². The predicted octanol–water partition coefficient (Wildman–Crippen LogP) is 4.16. The number of fused-ring (bicyclic) bond motifs is 2. The summed E-state index contributed by atoms with van der Waals surface area (Å²) in [5.41, 5.74) is 4.07. The van der Waals surface area contributed by atoms with Gasteiger partial charge in [-0.05, 0) is 50.1 Å². The van der Waals surface area contributed by atoms with Crippen LogP contribution in [-0.4, -0.2) is 15.1 Å². The van der Waals surface area contributed by atoms with E-state index in [4.69, 9.17) is 16.0 Å². The summed E-state index contributed by atoms with van der Waals surface area (Å²) in [6, 6.07) is 7.50. The van der Waals surface area contributed by atoms with Gasteiger partial charge in [0.15, 0.2) is 5.58 Å². The average Bonchev–Trinajstić information content (AvgIpc) is 2.97. The van der Waals surface area contributed by atoms with E-state index in [0.717, 1.165) is 22.3 Å². The Labute approximate surface area is 150 Å². The van der Waals surface area contributed by atoms with Gasteiger partial charge < -0.3 is 14.8 Å². The topological polar surface area (TPSA) is 71.2 Å². The molecule has 1 aromatic carbocycles. The van der Waals surface area contributed by atoms with Gasteiger partial charge >= 0.3 is 0 Å². The summed E-state index contributed by atoms with van der Waals surface area (Å²) < 4.78 is 5.94. The fourth-order valence-corrected chi connectivity index (χ4v) is 3.15. The molecule has 2 N–H and O–H groups in total. The van der Waals surface area contributed by atoms with Crippen molar-refractivity contribution >= 4 is 28.3 Å². The summed E-state index contributed by atoms with van der Waals surface area (Å²) >= 11 is 6.09. The summed E-state index contributed by atoms with van der Waals surface area (Å²) in [5.74, 6) is 0.505. The Morgan fingerprint density at radius 1 is 1.28 bits per heavy atom. The lowest BCUT2D eigenvalue weighted by Gasteiger charge is -2.22. The fourth-order valence-electron chi connectivity index (χ4n) is 2.99. The first kappa shape index (κ1) is 16.1. The van der Waals surface area contributed by atoms with Crippen molar-refractivity contribution in [3.8, 4) is 0 Å². The van der Waals surface area contributed by atoms with Gasteiger partial charge in [0, 0.05) is 18.0 Å². The molecule has 0 amide bonds. The lowest BCUT2D eigenvalue weighted by molar-refractivity contribution is 0.0787. The third-order valence-electron chi connectivity index (χ3n) is 4.46. The van der Waals surface area contributed by atoms with Crippen LogP contribution in [-0.2, 0) is 5.60 Å². The van der Waals surface area contributed by atoms with E-state index < -0.39 is 5.60 Å². The smallest absolute Gasteiger partial charge is 0.229 e. The van der Waals surface area contributed by atoms with E-state index in [9.17, 15) is 5.11 Å². The number of pyridine rings is 1. The normalized spacial score (nSPS) is 17.2. The van der Waals surface area contributed by atoms with Crippen LogP contribution in [0.5, 0.6) is 0 Å². The molecule has 1 aliphatic heterocycles. The quantitative estimate of drug-likeness (QED) is 0.675. The predicted molar refractivity (Wildman–Crippen MR) is 97.1 cm³/mol. The SMILES string of the molecule is CC1NC=C(c2nc3cc(C(C)(C)O)ccc3o2)c2cc(Cl)ncc21. The van der Waals surface area contributed by atoms with E-state index >= 15 is 0 Å². The molecule has 1 unspecified atom stereocenters. The van der Waals surface area contributed by atoms with Crippen LogP contribution in [0.25, 0.3) is 16.7 Å². The van der Waals surface area contributed by atoms with Crippen LogP contribution in [0.1, 0.15) is 49.4 Å². The Kier molecular flexibility index (Phi) is 3.60. The Hall–Kier alpha value is -2.37. The van der Waals surface area contributed by atoms with Gasteiger partial charge in [-0.3, -0.25) is 0 Å². The highest BCUT2D eigenvalue weighted by molar-refractivity contribution is 6.29. The molecule has 0 fully saturated rings. The van der Waals surface area contributed by atoms with Crippen LogP contribution in [0.3, 0.4) is 0 Å². The van der Waals surface area contributed by atoms with Crippen LogP contribution in [0.15, 0.2) is 41.1 Å². The fraction of sp³-hybridized carbons (Fsp3) is 0.263. The van der Waals surface area contributed by atoms with Crippen molar-refractivity contribution in [1.29, 1.82) is 0 Å². The minimum atomic E-state index is -0.930. The second kappa shape index (κ2) is 5.58. The molecule has 1 atom stereocenters. The van der Waals surface area contributed by atoms with E-state index in [2.05, 4.69) is 22.2 Å². The lowest BCUT2D eigenvalue weighted by Crippen LogP contribution is -2.19. The van der Waals surface area contributed by atoms with Crippen molar-refractivity contribution in [2.45, 2.75) is 32.4 Å². The molecule has 3 aromatic rings. The van der Waals surface area contributed by atoms with E-state index in [1.54, 1.807) is 20.0 Å². The summed E-state index contributed by atoms with van der Waals surface area (Å²) in [7, 11) is 0. The van der Waals surface area contributed by atoms with Crippen LogP contribution >= 0.6 is 11.6 Å². The van der Waals surface area contributed by atoms with Gasteiger partial charge in [0.05, 0.1) is 17.2 Å². The molecule has 5 nitrogen and oxygen atoms in total. The van der Waals surface area contributed by atoms with Gasteiger partial charge in [-0.15, -0.1) is 0 Å². The van der Waals surface area contributed by atoms with Gasteiger partial charge in [-0.25, -0.2) is 9.97 Å². The summed E-state index contributed by atoms with van der Waals surface area (Å²) in [6.45, 7) is 5.55. The first-order chi connectivity index (χ1) is 11.8. The standard InChI is InChI=1S/C19H18ClN3O2/c1-10-13-8-22-17(20)7-12(13)14(9-21-10)18-23-15-6-11(19(2,3)24)4-5-16(15)25-18/h4-10,21,24H,1-3H3. The molecular weight excluding hydrogens is 338 g/mol. The van der Waals surface area contributed by atoms with Crippen molar-refractivity contribution in [2.24, 2.45) is 0 Å². The average molecular weight is 356 g/mol. The van der Waals surface area contributed by atoms with E-state index in [1.807, 2.05) is 30.5 Å². The Balaban J connectivity index is 1.84. The number of hydrogen-bond acceptors (Lipinski definition) is 5. The number of aliphatic hydroxyl groups is 1. The monoisotopic (exact) mass is 355 g/mol. The number of rotatable bonds is 2. The number of halogens is 1. The first-order valence-corrected chi connectivity index (χ1v) is 8.46. The second-order valence-electron chi connectivity index (χ2n) is 6.80. The van der Waals surface area contributed by atoms with E-state index in [-0.39, 0.29) is 6.04 Å². The highest BCUT2D eigenvalue weighted by atomic mass is 35.5. The van der Waals surface area contributed by atoms with Crippen LogP contribution in [0, 0.1) is 0 Å². The maximum Gasteiger partial charge on any atom is 0.229 e. The van der Waals surface area contributed by atoms with Gasteiger partial charge in [-0.2, -0.15) is 0 Å². The Morgan fingerprint density at radius 3 is 2.84 bits per heavy atom. The summed E-state index contributed by atoms with van der Waals surface area (Å²) in [5, 5.41) is 13.9. The zero-order valence-corrected chi connectivity index (χ0v) is 14.9. The number of aromatic nitrogens is 2. The third-order valence-corrected chi connectivity index (χ3v) is 4.67. The molecule has 3 heterocycles. The second-order valence-corrected chi connectivity index (χ2v) is 7.19. The van der Waals surface area contributed by atoms with Crippen molar-refractivity contribution < 1.29 is 9.52 Å². The molecular formula is C19H18ClN3O2. The number of oxazole rings is 1. The number of nitrogens with zero attached hydrogens (tertiary/aromatic N) is 2. The summed E-state index contributed by atoms with van der Waals surface area (Å²) in [6.07, 6.45) is 3.67. The van der Waals surface area contributed by atoms with Crippen molar-refractivity contribution in [3.63, 3.8) is 0 Å². The number of hydrogen-bond donors (Lipinski definition) is 2. The highest BCUT2D eigenvalue weighted by Gasteiger charge is 2.24. The van der Waals surface area contributed by atoms with E-state index in [0.29, 0.717) is 22.1 Å². The largest absolute Gasteiger partial charge is 0.436 e. The molecule has 0 radical (unpaired) electrons. The van der Waals surface area contributed by atoms with Crippen molar-refractivity contribution in [2.75, 3.05) is 0 Å². The van der Waals surface area contributed by atoms with Gasteiger partial charge in [0.1, 0.15) is 10.7 Å². The number of benzene rings is 1. The molecule has 0 aliphatic carbocycles. The Morgan fingerprint density at radius 2 is 2.08 bits per heavy atom. The van der Waals surface area contributed by atoms with Crippen LogP contribution in [0.4, 0.5) is 0 Å². The molecule has 1 aliphatic rings. The molecule has 0 spiro atoms. The number of nitrogens with one attached hydrogen (secondary N) is 1. The van der Waals surface area contributed by atoms with Crippen LogP contribution < -0.4 is 5.32 Å². The third kappa shape index (κ3) is 2.79. The molecule has 0 saturated heterocycles. The zero-order chi connectivity index (χ0) is 17.8. The Bertz CT molecular complexity index is 1000. The molecule has 2 aromatic heterocycles.